The first-order valence-electron chi connectivity index (χ1n) is 10.4. The molecule has 1 saturated heterocycles. The minimum Gasteiger partial charge on any atom is -0.406 e. The fourth-order valence-corrected chi connectivity index (χ4v) is 4.52. The summed E-state index contributed by atoms with van der Waals surface area (Å²) in [6.07, 6.45) is 1.31. The summed E-state index contributed by atoms with van der Waals surface area (Å²) in [5, 5.41) is 13.4. The highest BCUT2D eigenvalue weighted by Crippen LogP contribution is 2.49. The second-order valence-electron chi connectivity index (χ2n) is 7.77. The number of aliphatic hydroxyl groups is 1. The molecule has 33 heavy (non-hydrogen) atoms. The Morgan fingerprint density at radius 1 is 1.36 bits per heavy atom. The van der Waals surface area contributed by atoms with Gasteiger partial charge in [-0.2, -0.15) is 4.98 Å². The standard InChI is InChI=1S/C23H22F3N3O4/c1-2-5-15(32-23(24,25)26)6-3-9-19-27-22(28-33-19)17-8-4-7-16-18(17)12-14-13-20(31)29(10-11-30)21(14)16/h2-8,14,21,30H,1,9-13H2/b6-3-,15-5+. The highest BCUT2D eigenvalue weighted by atomic mass is 19.4. The Hall–Kier alpha value is -3.40. The van der Waals surface area contributed by atoms with E-state index in [0.29, 0.717) is 25.2 Å². The lowest BCUT2D eigenvalue weighted by atomic mass is 10.0. The number of rotatable bonds is 8. The molecule has 2 aliphatic rings. The van der Waals surface area contributed by atoms with Crippen LogP contribution in [-0.4, -0.2) is 45.6 Å². The van der Waals surface area contributed by atoms with Crippen molar-refractivity contribution in [1.29, 1.82) is 0 Å². The fraction of sp³-hybridized carbons (Fsp3) is 0.348. The van der Waals surface area contributed by atoms with Gasteiger partial charge < -0.3 is 19.3 Å². The summed E-state index contributed by atoms with van der Waals surface area (Å²) in [5.41, 5.74) is 2.86. The van der Waals surface area contributed by atoms with E-state index in [9.17, 15) is 23.1 Å². The smallest absolute Gasteiger partial charge is 0.406 e. The molecule has 2 aromatic rings. The van der Waals surface area contributed by atoms with Gasteiger partial charge in [-0.05, 0) is 35.6 Å². The third-order valence-corrected chi connectivity index (χ3v) is 5.68. The maximum absolute atomic E-state index is 12.4. The lowest BCUT2D eigenvalue weighted by Gasteiger charge is -2.24. The van der Waals surface area contributed by atoms with Gasteiger partial charge in [0.25, 0.3) is 0 Å². The minimum absolute atomic E-state index is 0.0445. The number of hydrogen-bond acceptors (Lipinski definition) is 6. The second-order valence-corrected chi connectivity index (χ2v) is 7.77. The number of benzene rings is 1. The molecule has 1 fully saturated rings. The summed E-state index contributed by atoms with van der Waals surface area (Å²) >= 11 is 0. The van der Waals surface area contributed by atoms with Gasteiger partial charge in [0, 0.05) is 24.9 Å². The van der Waals surface area contributed by atoms with Crippen LogP contribution in [0.5, 0.6) is 0 Å². The van der Waals surface area contributed by atoms with Gasteiger partial charge in [-0.25, -0.2) is 0 Å². The molecule has 1 aliphatic carbocycles. The third-order valence-electron chi connectivity index (χ3n) is 5.68. The van der Waals surface area contributed by atoms with Crippen molar-refractivity contribution in [3.8, 4) is 11.4 Å². The van der Waals surface area contributed by atoms with Crippen LogP contribution in [0.4, 0.5) is 13.2 Å². The number of amides is 1. The topological polar surface area (TPSA) is 88.7 Å². The number of β-amino-alcohol motifs (C(OH)–C–C–N with tert-alkyl or cyclic N) is 1. The molecule has 2 unspecified atom stereocenters. The Morgan fingerprint density at radius 2 is 2.18 bits per heavy atom. The fourth-order valence-electron chi connectivity index (χ4n) is 4.52. The van der Waals surface area contributed by atoms with Gasteiger partial charge in [0.2, 0.25) is 17.6 Å². The molecule has 0 bridgehead atoms. The van der Waals surface area contributed by atoms with Crippen molar-refractivity contribution in [3.05, 3.63) is 71.9 Å². The number of hydrogen-bond donors (Lipinski definition) is 1. The molecule has 1 amide bonds. The zero-order chi connectivity index (χ0) is 23.6. The quantitative estimate of drug-likeness (QED) is 0.474. The van der Waals surface area contributed by atoms with Crippen LogP contribution in [-0.2, 0) is 22.4 Å². The van der Waals surface area contributed by atoms with Crippen LogP contribution in [0.25, 0.3) is 11.4 Å². The first kappa shape index (κ1) is 22.8. The summed E-state index contributed by atoms with van der Waals surface area (Å²) in [6, 6.07) is 5.65. The lowest BCUT2D eigenvalue weighted by molar-refractivity contribution is -0.303. The average Bonchev–Trinajstić information content (AvgIpc) is 3.42. The number of fused-ring (bicyclic) bond motifs is 3. The Balaban J connectivity index is 1.51. The molecule has 1 aromatic carbocycles. The first-order valence-corrected chi connectivity index (χ1v) is 10.4. The predicted octanol–water partition coefficient (Wildman–Crippen LogP) is 3.88. The van der Waals surface area contributed by atoms with Crippen LogP contribution in [0.3, 0.4) is 0 Å². The number of ether oxygens (including phenoxy) is 1. The van der Waals surface area contributed by atoms with Gasteiger partial charge in [0.15, 0.2) is 0 Å². The van der Waals surface area contributed by atoms with Crippen molar-refractivity contribution in [2.45, 2.75) is 31.7 Å². The van der Waals surface area contributed by atoms with E-state index in [4.69, 9.17) is 4.52 Å². The number of carbonyl (C=O) groups is 1. The highest BCUT2D eigenvalue weighted by molar-refractivity contribution is 5.81. The monoisotopic (exact) mass is 461 g/mol. The van der Waals surface area contributed by atoms with Gasteiger partial charge in [-0.15, -0.1) is 13.2 Å². The highest BCUT2D eigenvalue weighted by Gasteiger charge is 2.46. The normalized spacial score (nSPS) is 20.4. The van der Waals surface area contributed by atoms with E-state index in [1.165, 1.54) is 12.2 Å². The summed E-state index contributed by atoms with van der Waals surface area (Å²) < 4.78 is 46.5. The van der Waals surface area contributed by atoms with Crippen LogP contribution in [0, 0.1) is 5.92 Å². The van der Waals surface area contributed by atoms with Crippen molar-refractivity contribution in [3.63, 3.8) is 0 Å². The molecule has 7 nitrogen and oxygen atoms in total. The number of aliphatic hydroxyl groups excluding tert-OH is 1. The lowest BCUT2D eigenvalue weighted by Crippen LogP contribution is -2.30. The number of allylic oxidation sites excluding steroid dienone is 4. The van der Waals surface area contributed by atoms with Crippen molar-refractivity contribution in [2.75, 3.05) is 13.2 Å². The Morgan fingerprint density at radius 3 is 2.91 bits per heavy atom. The van der Waals surface area contributed by atoms with Gasteiger partial charge >= 0.3 is 6.36 Å². The van der Waals surface area contributed by atoms with Crippen LogP contribution in [0.2, 0.25) is 0 Å². The third kappa shape index (κ3) is 4.85. The molecule has 1 N–H and O–H groups in total. The summed E-state index contributed by atoms with van der Waals surface area (Å²) in [6.45, 7) is 3.57. The number of aromatic nitrogens is 2. The zero-order valence-corrected chi connectivity index (χ0v) is 17.6. The van der Waals surface area contributed by atoms with E-state index in [2.05, 4.69) is 21.5 Å². The second kappa shape index (κ2) is 9.22. The number of halogens is 3. The van der Waals surface area contributed by atoms with Gasteiger partial charge in [-0.3, -0.25) is 4.79 Å². The predicted molar refractivity (Wildman–Crippen MR) is 111 cm³/mol. The maximum atomic E-state index is 12.4. The molecule has 174 valence electrons. The Kier molecular flexibility index (Phi) is 6.37. The molecular weight excluding hydrogens is 439 g/mol. The van der Waals surface area contributed by atoms with Crippen LogP contribution in [0.1, 0.15) is 29.5 Å². The number of nitrogens with zero attached hydrogens (tertiary/aromatic N) is 3. The molecule has 2 atom stereocenters. The van der Waals surface area contributed by atoms with E-state index in [1.807, 2.05) is 18.2 Å². The molecule has 0 spiro atoms. The molecule has 4 rings (SSSR count). The van der Waals surface area contributed by atoms with E-state index in [1.54, 1.807) is 4.90 Å². The first-order chi connectivity index (χ1) is 15.8. The molecular formula is C23H22F3N3O4. The van der Waals surface area contributed by atoms with Crippen molar-refractivity contribution >= 4 is 5.91 Å². The van der Waals surface area contributed by atoms with Crippen LogP contribution < -0.4 is 0 Å². The molecule has 2 heterocycles. The van der Waals surface area contributed by atoms with E-state index in [0.717, 1.165) is 28.8 Å². The zero-order valence-electron chi connectivity index (χ0n) is 17.6. The summed E-state index contributed by atoms with van der Waals surface area (Å²) in [7, 11) is 0. The van der Waals surface area contributed by atoms with Gasteiger partial charge in [0.1, 0.15) is 5.76 Å². The van der Waals surface area contributed by atoms with E-state index in [-0.39, 0.29) is 36.8 Å². The summed E-state index contributed by atoms with van der Waals surface area (Å²) in [5.74, 6) is 0.385. The molecule has 0 radical (unpaired) electrons. The SMILES string of the molecule is C=C/C=C(\C=C/Cc1nc(-c2cccc3c2CC2CC(=O)N(CCO)C32)no1)OC(F)(F)F. The number of alkyl halides is 3. The molecule has 1 aliphatic heterocycles. The number of likely N-dealkylation sites (tertiary alicyclic amines) is 1. The van der Waals surface area contributed by atoms with E-state index < -0.39 is 12.1 Å². The molecule has 10 heteroatoms. The minimum atomic E-state index is -4.81. The van der Waals surface area contributed by atoms with E-state index >= 15 is 0 Å². The van der Waals surface area contributed by atoms with Crippen LogP contribution >= 0.6 is 0 Å². The summed E-state index contributed by atoms with van der Waals surface area (Å²) in [4.78, 5) is 18.4. The molecule has 0 saturated carbocycles. The number of carbonyl (C=O) groups excluding carboxylic acids is 1. The molecule has 1 aromatic heterocycles. The Bertz CT molecular complexity index is 1110. The largest absolute Gasteiger partial charge is 0.573 e. The van der Waals surface area contributed by atoms with Crippen molar-refractivity contribution < 1.29 is 32.3 Å². The van der Waals surface area contributed by atoms with Crippen molar-refractivity contribution in [2.24, 2.45) is 5.92 Å². The maximum Gasteiger partial charge on any atom is 0.573 e. The van der Waals surface area contributed by atoms with Crippen molar-refractivity contribution in [1.82, 2.24) is 15.0 Å². The van der Waals surface area contributed by atoms with Gasteiger partial charge in [-0.1, -0.05) is 42.1 Å². The van der Waals surface area contributed by atoms with Gasteiger partial charge in [0.05, 0.1) is 12.6 Å². The van der Waals surface area contributed by atoms with Crippen LogP contribution in [0.15, 0.2) is 59.4 Å². The average molecular weight is 461 g/mol. The Labute approximate surface area is 187 Å².